The van der Waals surface area contributed by atoms with Crippen LogP contribution in [0.3, 0.4) is 0 Å². The smallest absolute Gasteiger partial charge is 0.0632 e. The first-order valence-corrected chi connectivity index (χ1v) is 4.58. The minimum Gasteiger partial charge on any atom is -0.271 e. The van der Waals surface area contributed by atoms with Crippen LogP contribution in [0.4, 0.5) is 0 Å². The average Bonchev–Trinajstić information content (AvgIpc) is 2.10. The zero-order valence-corrected chi connectivity index (χ0v) is 8.46. The summed E-state index contributed by atoms with van der Waals surface area (Å²) in [6.07, 6.45) is 2.83. The second kappa shape index (κ2) is 4.35. The highest BCUT2D eigenvalue weighted by Gasteiger charge is 2.10. The Hall–Kier alpha value is -0.930. The van der Waals surface area contributed by atoms with Gasteiger partial charge in [-0.1, -0.05) is 13.0 Å². The Morgan fingerprint density at radius 3 is 2.69 bits per heavy atom. The summed E-state index contributed by atoms with van der Waals surface area (Å²) in [6, 6.07) is 2.29. The number of pyridine rings is 1. The van der Waals surface area contributed by atoms with Gasteiger partial charge in [0.15, 0.2) is 0 Å². The van der Waals surface area contributed by atoms with Crippen LogP contribution in [0.2, 0.25) is 0 Å². The van der Waals surface area contributed by atoms with Crippen molar-refractivity contribution in [1.82, 2.24) is 10.4 Å². The molecular formula is C10H17N3. The van der Waals surface area contributed by atoms with Gasteiger partial charge in [-0.25, -0.2) is 0 Å². The van der Waals surface area contributed by atoms with E-state index in [4.69, 9.17) is 5.84 Å². The van der Waals surface area contributed by atoms with Crippen LogP contribution in [0.25, 0.3) is 0 Å². The van der Waals surface area contributed by atoms with Crippen LogP contribution < -0.4 is 11.3 Å². The first kappa shape index (κ1) is 10.2. The summed E-state index contributed by atoms with van der Waals surface area (Å²) in [7, 11) is 0. The molecule has 1 rings (SSSR count). The zero-order valence-electron chi connectivity index (χ0n) is 8.46. The van der Waals surface area contributed by atoms with Crippen molar-refractivity contribution in [2.75, 3.05) is 0 Å². The third kappa shape index (κ3) is 2.26. The van der Waals surface area contributed by atoms with Crippen molar-refractivity contribution in [2.45, 2.75) is 33.2 Å². The molecule has 0 spiro atoms. The van der Waals surface area contributed by atoms with Crippen LogP contribution in [0.1, 0.15) is 36.2 Å². The molecular weight excluding hydrogens is 162 g/mol. The number of hydrazine groups is 1. The molecule has 0 bridgehead atoms. The van der Waals surface area contributed by atoms with Gasteiger partial charge in [0.1, 0.15) is 0 Å². The van der Waals surface area contributed by atoms with E-state index in [2.05, 4.69) is 30.3 Å². The molecule has 1 unspecified atom stereocenters. The molecule has 3 nitrogen and oxygen atoms in total. The highest BCUT2D eigenvalue weighted by Crippen LogP contribution is 2.17. The molecule has 13 heavy (non-hydrogen) atoms. The third-order valence-corrected chi connectivity index (χ3v) is 2.19. The van der Waals surface area contributed by atoms with Gasteiger partial charge < -0.3 is 0 Å². The van der Waals surface area contributed by atoms with Gasteiger partial charge in [0.05, 0.1) is 11.7 Å². The van der Waals surface area contributed by atoms with E-state index in [1.165, 1.54) is 11.1 Å². The van der Waals surface area contributed by atoms with Crippen LogP contribution in [-0.2, 0) is 0 Å². The molecule has 1 atom stereocenters. The first-order chi connectivity index (χ1) is 6.19. The third-order valence-electron chi connectivity index (χ3n) is 2.19. The van der Waals surface area contributed by atoms with Crippen molar-refractivity contribution in [3.05, 3.63) is 29.1 Å². The maximum Gasteiger partial charge on any atom is 0.0632 e. The number of nitrogens with two attached hydrogens (primary N) is 1. The SMILES string of the molecule is CCC(NN)c1ncc(C)cc1C. The molecule has 0 saturated heterocycles. The fourth-order valence-electron chi connectivity index (χ4n) is 1.48. The number of aryl methyl sites for hydroxylation is 2. The van der Waals surface area contributed by atoms with E-state index < -0.39 is 0 Å². The minimum absolute atomic E-state index is 0.167. The molecule has 72 valence electrons. The summed E-state index contributed by atoms with van der Waals surface area (Å²) in [4.78, 5) is 4.38. The Labute approximate surface area is 79.3 Å². The van der Waals surface area contributed by atoms with Crippen molar-refractivity contribution in [3.63, 3.8) is 0 Å². The van der Waals surface area contributed by atoms with E-state index in [1.54, 1.807) is 0 Å². The maximum atomic E-state index is 5.43. The topological polar surface area (TPSA) is 50.9 Å². The Morgan fingerprint density at radius 1 is 1.54 bits per heavy atom. The van der Waals surface area contributed by atoms with Gasteiger partial charge in [0, 0.05) is 6.20 Å². The molecule has 0 aliphatic heterocycles. The molecule has 0 fully saturated rings. The van der Waals surface area contributed by atoms with Crippen molar-refractivity contribution < 1.29 is 0 Å². The molecule has 0 aliphatic carbocycles. The minimum atomic E-state index is 0.167. The molecule has 0 amide bonds. The summed E-state index contributed by atoms with van der Waals surface area (Å²) in [5, 5.41) is 0. The Kier molecular flexibility index (Phi) is 3.39. The predicted octanol–water partition coefficient (Wildman–Crippen LogP) is 1.61. The maximum absolute atomic E-state index is 5.43. The van der Waals surface area contributed by atoms with E-state index in [9.17, 15) is 0 Å². The second-order valence-electron chi connectivity index (χ2n) is 3.34. The zero-order chi connectivity index (χ0) is 9.84. The Morgan fingerprint density at radius 2 is 2.23 bits per heavy atom. The summed E-state index contributed by atoms with van der Waals surface area (Å²) < 4.78 is 0. The molecule has 3 heteroatoms. The van der Waals surface area contributed by atoms with E-state index in [0.717, 1.165) is 12.1 Å². The van der Waals surface area contributed by atoms with Gasteiger partial charge in [0.25, 0.3) is 0 Å². The monoisotopic (exact) mass is 179 g/mol. The van der Waals surface area contributed by atoms with Gasteiger partial charge in [-0.2, -0.15) is 0 Å². The summed E-state index contributed by atoms with van der Waals surface area (Å²) in [5.41, 5.74) is 6.20. The van der Waals surface area contributed by atoms with E-state index in [1.807, 2.05) is 13.1 Å². The molecule has 0 radical (unpaired) electrons. The van der Waals surface area contributed by atoms with Crippen molar-refractivity contribution in [3.8, 4) is 0 Å². The highest BCUT2D eigenvalue weighted by atomic mass is 15.2. The van der Waals surface area contributed by atoms with Crippen LogP contribution in [0, 0.1) is 13.8 Å². The number of nitrogens with one attached hydrogen (secondary N) is 1. The lowest BCUT2D eigenvalue weighted by Gasteiger charge is -2.15. The van der Waals surface area contributed by atoms with E-state index in [0.29, 0.717) is 0 Å². The van der Waals surface area contributed by atoms with E-state index in [-0.39, 0.29) is 6.04 Å². The van der Waals surface area contributed by atoms with Gasteiger partial charge in [-0.15, -0.1) is 0 Å². The van der Waals surface area contributed by atoms with Crippen LogP contribution in [-0.4, -0.2) is 4.98 Å². The van der Waals surface area contributed by atoms with Crippen LogP contribution in [0.15, 0.2) is 12.3 Å². The van der Waals surface area contributed by atoms with Gasteiger partial charge in [0.2, 0.25) is 0 Å². The Balaban J connectivity index is 2.99. The number of rotatable bonds is 3. The lowest BCUT2D eigenvalue weighted by atomic mass is 10.1. The normalized spacial score (nSPS) is 12.9. The fourth-order valence-corrected chi connectivity index (χ4v) is 1.48. The molecule has 1 heterocycles. The highest BCUT2D eigenvalue weighted by molar-refractivity contribution is 5.25. The number of hydrogen-bond acceptors (Lipinski definition) is 3. The van der Waals surface area contributed by atoms with Gasteiger partial charge in [-0.3, -0.25) is 16.3 Å². The second-order valence-corrected chi connectivity index (χ2v) is 3.34. The van der Waals surface area contributed by atoms with Gasteiger partial charge >= 0.3 is 0 Å². The Bertz CT molecular complexity index is 279. The summed E-state index contributed by atoms with van der Waals surface area (Å²) >= 11 is 0. The fraction of sp³-hybridized carbons (Fsp3) is 0.500. The largest absolute Gasteiger partial charge is 0.271 e. The molecule has 0 aliphatic rings. The summed E-state index contributed by atoms with van der Waals surface area (Å²) in [6.45, 7) is 6.20. The van der Waals surface area contributed by atoms with E-state index >= 15 is 0 Å². The number of nitrogens with zero attached hydrogens (tertiary/aromatic N) is 1. The molecule has 1 aromatic heterocycles. The molecule has 1 aromatic rings. The predicted molar refractivity (Wildman–Crippen MR) is 54.1 cm³/mol. The number of hydrogen-bond donors (Lipinski definition) is 2. The molecule has 0 aromatic carbocycles. The quantitative estimate of drug-likeness (QED) is 0.547. The molecule has 0 saturated carbocycles. The lowest BCUT2D eigenvalue weighted by molar-refractivity contribution is 0.523. The number of aromatic nitrogens is 1. The standard InChI is InChI=1S/C10H17N3/c1-4-9(13-11)10-8(3)5-7(2)6-12-10/h5-6,9,13H,4,11H2,1-3H3. The van der Waals surface area contributed by atoms with Crippen molar-refractivity contribution in [1.29, 1.82) is 0 Å². The summed E-state index contributed by atoms with van der Waals surface area (Å²) in [5.74, 6) is 5.43. The molecule has 3 N–H and O–H groups in total. The first-order valence-electron chi connectivity index (χ1n) is 4.58. The van der Waals surface area contributed by atoms with Gasteiger partial charge in [-0.05, 0) is 31.4 Å². The lowest BCUT2D eigenvalue weighted by Crippen LogP contribution is -2.28. The van der Waals surface area contributed by atoms with Crippen molar-refractivity contribution in [2.24, 2.45) is 5.84 Å². The van der Waals surface area contributed by atoms with Crippen molar-refractivity contribution >= 4 is 0 Å². The van der Waals surface area contributed by atoms with Crippen LogP contribution in [0.5, 0.6) is 0 Å². The average molecular weight is 179 g/mol. The van der Waals surface area contributed by atoms with Crippen LogP contribution >= 0.6 is 0 Å².